The van der Waals surface area contributed by atoms with Crippen LogP contribution in [0.3, 0.4) is 0 Å². The summed E-state index contributed by atoms with van der Waals surface area (Å²) in [5, 5.41) is 7.73. The summed E-state index contributed by atoms with van der Waals surface area (Å²) < 4.78 is 0. The van der Waals surface area contributed by atoms with Gasteiger partial charge in [-0.3, -0.25) is 0 Å². The number of aromatic nitrogens is 2. The molecule has 0 unspecified atom stereocenters. The van der Waals surface area contributed by atoms with Crippen LogP contribution in [0.25, 0.3) is 43.6 Å². The first-order valence-corrected chi connectivity index (χ1v) is 13.0. The number of amides is 2. The molecule has 2 aliphatic rings. The van der Waals surface area contributed by atoms with E-state index in [1.54, 1.807) is 0 Å². The first-order valence-electron chi connectivity index (χ1n) is 13.0. The molecule has 5 heteroatoms. The molecule has 1 N–H and O–H groups in total. The Kier molecular flexibility index (Phi) is 4.57. The van der Waals surface area contributed by atoms with Gasteiger partial charge in [-0.2, -0.15) is 0 Å². The van der Waals surface area contributed by atoms with Gasteiger partial charge in [0.2, 0.25) is 0 Å². The number of rotatable bonds is 1. The van der Waals surface area contributed by atoms with Crippen molar-refractivity contribution in [3.8, 4) is 0 Å². The second kappa shape index (κ2) is 7.63. The number of urea groups is 1. The van der Waals surface area contributed by atoms with Crippen LogP contribution < -0.4 is 5.32 Å². The minimum atomic E-state index is -0.00283. The van der Waals surface area contributed by atoms with Crippen LogP contribution in [-0.2, 0) is 0 Å². The molecule has 2 fully saturated rings. The second-order valence-corrected chi connectivity index (χ2v) is 11.4. The van der Waals surface area contributed by atoms with E-state index in [1.165, 1.54) is 10.8 Å². The van der Waals surface area contributed by atoms with Gasteiger partial charge in [-0.15, -0.1) is 0 Å². The summed E-state index contributed by atoms with van der Waals surface area (Å²) in [6, 6.07) is 23.0. The molecule has 0 radical (unpaired) electrons. The lowest BCUT2D eigenvalue weighted by molar-refractivity contribution is 0.104. The maximum Gasteiger partial charge on any atom is 0.322 e. The van der Waals surface area contributed by atoms with Gasteiger partial charge in [0.15, 0.2) is 0 Å². The lowest BCUT2D eigenvalue weighted by Crippen LogP contribution is -2.41. The average Bonchev–Trinajstić information content (AvgIpc) is 3.26. The number of hydrogen-bond acceptors (Lipinski definition) is 3. The highest BCUT2D eigenvalue weighted by Crippen LogP contribution is 2.49. The Morgan fingerprint density at radius 2 is 1.50 bits per heavy atom. The lowest BCUT2D eigenvalue weighted by atomic mass is 9.65. The fourth-order valence-electron chi connectivity index (χ4n) is 6.74. The number of anilines is 1. The van der Waals surface area contributed by atoms with E-state index in [1.807, 2.05) is 24.3 Å². The smallest absolute Gasteiger partial charge is 0.321 e. The van der Waals surface area contributed by atoms with Gasteiger partial charge >= 0.3 is 6.03 Å². The molecule has 2 bridgehead atoms. The molecule has 2 heterocycles. The van der Waals surface area contributed by atoms with E-state index in [-0.39, 0.29) is 11.4 Å². The SMILES string of the molecule is C[C@H]1[C@H]2C[C@@H](CC1(C)C)N(C(=O)Nc1ccc3nc4c5ccccc5c5ccccc5c4nc3c1)C2. The number of carbonyl (C=O) groups excluding carboxylic acids is 1. The van der Waals surface area contributed by atoms with Crippen LogP contribution in [0, 0.1) is 17.3 Å². The highest BCUT2D eigenvalue weighted by molar-refractivity contribution is 6.23. The first-order chi connectivity index (χ1) is 17.4. The maximum absolute atomic E-state index is 13.3. The molecule has 36 heavy (non-hydrogen) atoms. The van der Waals surface area contributed by atoms with E-state index in [0.717, 1.165) is 57.9 Å². The Labute approximate surface area is 210 Å². The van der Waals surface area contributed by atoms with E-state index in [0.29, 0.717) is 17.9 Å². The van der Waals surface area contributed by atoms with Gasteiger partial charge in [0.05, 0.1) is 22.1 Å². The monoisotopic (exact) mass is 474 g/mol. The Hall–Kier alpha value is -3.73. The lowest BCUT2D eigenvalue weighted by Gasteiger charge is -2.40. The van der Waals surface area contributed by atoms with Crippen LogP contribution >= 0.6 is 0 Å². The highest BCUT2D eigenvalue weighted by Gasteiger charge is 2.48. The number of likely N-dealkylation sites (tertiary alicyclic amines) is 1. The molecule has 1 aliphatic heterocycles. The molecular weight excluding hydrogens is 444 g/mol. The van der Waals surface area contributed by atoms with E-state index in [9.17, 15) is 4.79 Å². The van der Waals surface area contributed by atoms with Gasteiger partial charge in [0, 0.05) is 29.0 Å². The zero-order valence-corrected chi connectivity index (χ0v) is 21.0. The summed E-state index contributed by atoms with van der Waals surface area (Å²) in [5.41, 5.74) is 4.46. The molecule has 2 amide bonds. The Balaban J connectivity index is 1.28. The molecule has 4 aromatic carbocycles. The summed E-state index contributed by atoms with van der Waals surface area (Å²) in [4.78, 5) is 25.5. The van der Waals surface area contributed by atoms with Crippen molar-refractivity contribution < 1.29 is 4.79 Å². The van der Waals surface area contributed by atoms with Gasteiger partial charge in [-0.25, -0.2) is 14.8 Å². The minimum absolute atomic E-state index is 0.00283. The fourth-order valence-corrected chi connectivity index (χ4v) is 6.74. The molecule has 1 saturated heterocycles. The van der Waals surface area contributed by atoms with Crippen molar-refractivity contribution >= 4 is 55.3 Å². The van der Waals surface area contributed by atoms with Crippen LogP contribution in [0.15, 0.2) is 66.7 Å². The maximum atomic E-state index is 13.3. The highest BCUT2D eigenvalue weighted by atomic mass is 16.2. The standard InChI is InChI=1S/C31H30N4O/c1-18-19-14-21(16-31(18,2)3)35(17-19)30(36)32-20-12-13-26-27(15-20)34-29-25-11-7-5-9-23(25)22-8-4-6-10-24(22)28(29)33-26/h4-13,15,18-19,21H,14,16-17H2,1-3H3,(H,32,36)/t18-,19-,21-/m0/s1. The van der Waals surface area contributed by atoms with Crippen molar-refractivity contribution in [2.75, 3.05) is 11.9 Å². The zero-order chi connectivity index (χ0) is 24.6. The van der Waals surface area contributed by atoms with Crippen molar-refractivity contribution in [1.82, 2.24) is 14.9 Å². The molecule has 1 saturated carbocycles. The van der Waals surface area contributed by atoms with Crippen LogP contribution in [0.2, 0.25) is 0 Å². The molecule has 180 valence electrons. The predicted octanol–water partition coefficient (Wildman–Crippen LogP) is 7.38. The Morgan fingerprint density at radius 1 is 0.889 bits per heavy atom. The third kappa shape index (κ3) is 3.18. The van der Waals surface area contributed by atoms with Crippen LogP contribution in [0.5, 0.6) is 0 Å². The van der Waals surface area contributed by atoms with Gasteiger partial charge in [0.1, 0.15) is 0 Å². The summed E-state index contributed by atoms with van der Waals surface area (Å²) in [7, 11) is 0. The predicted molar refractivity (Wildman–Crippen MR) is 147 cm³/mol. The third-order valence-corrected chi connectivity index (χ3v) is 8.98. The molecule has 5 nitrogen and oxygen atoms in total. The quantitative estimate of drug-likeness (QED) is 0.204. The van der Waals surface area contributed by atoms with Gasteiger partial charge in [-0.1, -0.05) is 69.3 Å². The third-order valence-electron chi connectivity index (χ3n) is 8.98. The summed E-state index contributed by atoms with van der Waals surface area (Å²) in [6.07, 6.45) is 2.18. The topological polar surface area (TPSA) is 58.1 Å². The van der Waals surface area contributed by atoms with Crippen LogP contribution in [-0.4, -0.2) is 33.5 Å². The molecule has 7 rings (SSSR count). The van der Waals surface area contributed by atoms with Gasteiger partial charge in [0.25, 0.3) is 0 Å². The molecular formula is C31H30N4O. The normalized spacial score (nSPS) is 23.1. The number of benzene rings is 4. The fraction of sp³-hybridized carbons (Fsp3) is 0.323. The Morgan fingerprint density at radius 3 is 2.17 bits per heavy atom. The van der Waals surface area contributed by atoms with Crippen molar-refractivity contribution in [3.05, 3.63) is 66.7 Å². The van der Waals surface area contributed by atoms with E-state index in [2.05, 4.69) is 73.5 Å². The van der Waals surface area contributed by atoms with Crippen molar-refractivity contribution in [2.24, 2.45) is 17.3 Å². The number of nitrogens with zero attached hydrogens (tertiary/aromatic N) is 3. The number of nitrogens with one attached hydrogen (secondary N) is 1. The molecule has 0 spiro atoms. The number of hydrogen-bond donors (Lipinski definition) is 1. The number of fused-ring (bicyclic) bond motifs is 9. The van der Waals surface area contributed by atoms with Crippen molar-refractivity contribution in [3.63, 3.8) is 0 Å². The summed E-state index contributed by atoms with van der Waals surface area (Å²) in [5.74, 6) is 1.21. The molecule has 1 aliphatic carbocycles. The molecule has 3 atom stereocenters. The van der Waals surface area contributed by atoms with Crippen LogP contribution in [0.4, 0.5) is 10.5 Å². The second-order valence-electron chi connectivity index (χ2n) is 11.4. The van der Waals surface area contributed by atoms with Gasteiger partial charge < -0.3 is 10.2 Å². The average molecular weight is 475 g/mol. The van der Waals surface area contributed by atoms with Crippen LogP contribution in [0.1, 0.15) is 33.6 Å². The molecule has 1 aromatic heterocycles. The minimum Gasteiger partial charge on any atom is -0.321 e. The van der Waals surface area contributed by atoms with E-state index < -0.39 is 0 Å². The molecule has 5 aromatic rings. The van der Waals surface area contributed by atoms with Crippen molar-refractivity contribution in [1.29, 1.82) is 0 Å². The summed E-state index contributed by atoms with van der Waals surface area (Å²) >= 11 is 0. The number of carbonyl (C=O) groups is 1. The van der Waals surface area contributed by atoms with E-state index in [4.69, 9.17) is 9.97 Å². The summed E-state index contributed by atoms with van der Waals surface area (Å²) in [6.45, 7) is 7.88. The zero-order valence-electron chi connectivity index (χ0n) is 21.0. The van der Waals surface area contributed by atoms with Gasteiger partial charge in [-0.05, 0) is 59.1 Å². The van der Waals surface area contributed by atoms with Crippen molar-refractivity contribution in [2.45, 2.75) is 39.7 Å². The largest absolute Gasteiger partial charge is 0.322 e. The Bertz CT molecular complexity index is 1690. The first kappa shape index (κ1) is 21.5. The van der Waals surface area contributed by atoms with E-state index >= 15 is 0 Å².